The lowest BCUT2D eigenvalue weighted by Crippen LogP contribution is -2.25. The number of hydrogen-bond donors (Lipinski definition) is 0. The molecule has 0 amide bonds. The Morgan fingerprint density at radius 1 is 1.23 bits per heavy atom. The van der Waals surface area contributed by atoms with Crippen molar-refractivity contribution in [1.29, 1.82) is 0 Å². The van der Waals surface area contributed by atoms with E-state index in [1.165, 1.54) is 6.08 Å². The average molecular weight is 216 g/mol. The molecule has 0 bridgehead atoms. The van der Waals surface area contributed by atoms with E-state index < -0.39 is 21.1 Å². The van der Waals surface area contributed by atoms with Crippen LogP contribution in [0.5, 0.6) is 0 Å². The summed E-state index contributed by atoms with van der Waals surface area (Å²) in [5, 5.41) is 0. The van der Waals surface area contributed by atoms with Crippen LogP contribution in [0.4, 0.5) is 13.2 Å². The average Bonchev–Trinajstić information content (AvgIpc) is 1.96. The highest BCUT2D eigenvalue weighted by Gasteiger charge is 2.44. The van der Waals surface area contributed by atoms with Crippen LogP contribution < -0.4 is 0 Å². The van der Waals surface area contributed by atoms with Gasteiger partial charge in [-0.05, 0) is 6.42 Å². The Balaban J connectivity index is 4.22. The van der Waals surface area contributed by atoms with Gasteiger partial charge < -0.3 is 0 Å². The van der Waals surface area contributed by atoms with Gasteiger partial charge in [-0.2, -0.15) is 13.2 Å². The minimum absolute atomic E-state index is 0.591. The topological polar surface area (TPSA) is 34.1 Å². The monoisotopic (exact) mass is 216 g/mol. The fraction of sp³-hybridized carbons (Fsp3) is 0.714. The molecule has 0 aliphatic heterocycles. The van der Waals surface area contributed by atoms with Gasteiger partial charge in [0.1, 0.15) is 0 Å². The molecule has 0 N–H and O–H groups in total. The van der Waals surface area contributed by atoms with Gasteiger partial charge in [-0.1, -0.05) is 25.5 Å². The molecule has 0 saturated carbocycles. The Morgan fingerprint density at radius 2 is 1.77 bits per heavy atom. The molecule has 13 heavy (non-hydrogen) atoms. The van der Waals surface area contributed by atoms with Crippen molar-refractivity contribution >= 4 is 9.84 Å². The molecular formula is C7H11F3O2S. The summed E-state index contributed by atoms with van der Waals surface area (Å²) in [6.07, 6.45) is 3.84. The van der Waals surface area contributed by atoms with E-state index in [4.69, 9.17) is 0 Å². The van der Waals surface area contributed by atoms with Crippen LogP contribution in [0.1, 0.15) is 19.8 Å². The van der Waals surface area contributed by atoms with E-state index in [0.29, 0.717) is 6.42 Å². The van der Waals surface area contributed by atoms with E-state index in [1.54, 1.807) is 0 Å². The molecule has 0 aliphatic carbocycles. The van der Waals surface area contributed by atoms with Gasteiger partial charge in [0.25, 0.3) is 9.84 Å². The molecule has 0 fully saturated rings. The Hall–Kier alpha value is -0.520. The fourth-order valence-corrected chi connectivity index (χ4v) is 1.15. The van der Waals surface area contributed by atoms with Crippen molar-refractivity contribution in [2.45, 2.75) is 25.3 Å². The molecule has 0 unspecified atom stereocenters. The third-order valence-corrected chi connectivity index (χ3v) is 2.63. The third kappa shape index (κ3) is 4.31. The quantitative estimate of drug-likeness (QED) is 0.675. The second-order valence-corrected chi connectivity index (χ2v) is 4.51. The van der Waals surface area contributed by atoms with Crippen LogP contribution in [-0.2, 0) is 9.84 Å². The van der Waals surface area contributed by atoms with E-state index >= 15 is 0 Å². The first-order valence-corrected chi connectivity index (χ1v) is 5.40. The summed E-state index contributed by atoms with van der Waals surface area (Å²) < 4.78 is 56.0. The SMILES string of the molecule is CCC/C=C/CS(=O)(=O)C(F)(F)F. The minimum atomic E-state index is -5.14. The zero-order valence-corrected chi connectivity index (χ0v) is 7.95. The van der Waals surface area contributed by atoms with Gasteiger partial charge in [0, 0.05) is 0 Å². The molecule has 0 saturated heterocycles. The lowest BCUT2D eigenvalue weighted by atomic mass is 10.3. The molecule has 0 radical (unpaired) electrons. The van der Waals surface area contributed by atoms with Crippen molar-refractivity contribution in [3.63, 3.8) is 0 Å². The lowest BCUT2D eigenvalue weighted by molar-refractivity contribution is -0.0432. The first-order valence-electron chi connectivity index (χ1n) is 3.75. The summed E-state index contributed by atoms with van der Waals surface area (Å²) in [5.74, 6) is -0.962. The van der Waals surface area contributed by atoms with Crippen LogP contribution in [0.15, 0.2) is 12.2 Å². The molecular weight excluding hydrogens is 205 g/mol. The van der Waals surface area contributed by atoms with Crippen molar-refractivity contribution in [1.82, 2.24) is 0 Å². The maximum absolute atomic E-state index is 11.7. The molecule has 0 aromatic carbocycles. The first-order chi connectivity index (χ1) is 5.81. The molecule has 6 heteroatoms. The van der Waals surface area contributed by atoms with Crippen molar-refractivity contribution in [3.8, 4) is 0 Å². The van der Waals surface area contributed by atoms with Crippen molar-refractivity contribution in [2.75, 3.05) is 5.75 Å². The standard InChI is InChI=1S/C7H11F3O2S/c1-2-3-4-5-6-13(11,12)7(8,9)10/h4-5H,2-3,6H2,1H3/b5-4+. The minimum Gasteiger partial charge on any atom is -0.219 e. The predicted molar refractivity (Wildman–Crippen MR) is 43.9 cm³/mol. The number of rotatable bonds is 4. The van der Waals surface area contributed by atoms with Gasteiger partial charge >= 0.3 is 5.51 Å². The van der Waals surface area contributed by atoms with Crippen LogP contribution in [-0.4, -0.2) is 19.7 Å². The Morgan fingerprint density at radius 3 is 2.15 bits per heavy atom. The summed E-state index contributed by atoms with van der Waals surface area (Å²) in [7, 11) is -4.97. The molecule has 0 heterocycles. The molecule has 0 atom stereocenters. The number of hydrogen-bond acceptors (Lipinski definition) is 2. The van der Waals surface area contributed by atoms with E-state index in [9.17, 15) is 21.6 Å². The Kier molecular flexibility index (Phi) is 4.46. The molecule has 0 rings (SSSR count). The first kappa shape index (κ1) is 12.5. The largest absolute Gasteiger partial charge is 0.497 e. The normalized spacial score (nSPS) is 13.8. The Labute approximate surface area is 75.4 Å². The Bertz CT molecular complexity index is 264. The van der Waals surface area contributed by atoms with Crippen molar-refractivity contribution in [2.24, 2.45) is 0 Å². The molecule has 0 aliphatic rings. The summed E-state index contributed by atoms with van der Waals surface area (Å²) >= 11 is 0. The molecule has 78 valence electrons. The van der Waals surface area contributed by atoms with E-state index in [1.807, 2.05) is 6.92 Å². The van der Waals surface area contributed by atoms with E-state index in [-0.39, 0.29) is 0 Å². The van der Waals surface area contributed by atoms with Crippen LogP contribution in [0, 0.1) is 0 Å². The van der Waals surface area contributed by atoms with Gasteiger partial charge in [-0.3, -0.25) is 0 Å². The van der Waals surface area contributed by atoms with E-state index in [0.717, 1.165) is 12.5 Å². The van der Waals surface area contributed by atoms with Crippen LogP contribution in [0.2, 0.25) is 0 Å². The smallest absolute Gasteiger partial charge is 0.219 e. The molecule has 0 aromatic rings. The zero-order valence-electron chi connectivity index (χ0n) is 7.13. The number of halogens is 3. The van der Waals surface area contributed by atoms with Gasteiger partial charge in [0.15, 0.2) is 0 Å². The molecule has 2 nitrogen and oxygen atoms in total. The summed E-state index contributed by atoms with van der Waals surface area (Å²) in [6.45, 7) is 1.85. The van der Waals surface area contributed by atoms with Crippen molar-refractivity contribution in [3.05, 3.63) is 12.2 Å². The molecule has 0 aromatic heterocycles. The van der Waals surface area contributed by atoms with Crippen LogP contribution in [0.3, 0.4) is 0 Å². The number of unbranched alkanes of at least 4 members (excludes halogenated alkanes) is 1. The lowest BCUT2D eigenvalue weighted by Gasteiger charge is -2.04. The second-order valence-electron chi connectivity index (χ2n) is 2.49. The van der Waals surface area contributed by atoms with Crippen LogP contribution >= 0.6 is 0 Å². The second kappa shape index (κ2) is 4.64. The van der Waals surface area contributed by atoms with Crippen LogP contribution in [0.25, 0.3) is 0 Å². The summed E-state index contributed by atoms with van der Waals surface area (Å²) in [6, 6.07) is 0. The maximum Gasteiger partial charge on any atom is 0.497 e. The highest BCUT2D eigenvalue weighted by molar-refractivity contribution is 7.92. The summed E-state index contributed by atoms with van der Waals surface area (Å²) in [4.78, 5) is 0. The fourth-order valence-electron chi connectivity index (χ4n) is 0.574. The highest BCUT2D eigenvalue weighted by atomic mass is 32.2. The van der Waals surface area contributed by atoms with Gasteiger partial charge in [-0.25, -0.2) is 8.42 Å². The van der Waals surface area contributed by atoms with Gasteiger partial charge in [0.05, 0.1) is 5.75 Å². The highest BCUT2D eigenvalue weighted by Crippen LogP contribution is 2.23. The molecule has 0 spiro atoms. The predicted octanol–water partition coefficient (Wildman–Crippen LogP) is 2.28. The third-order valence-electron chi connectivity index (χ3n) is 1.29. The number of sulfone groups is 1. The number of allylic oxidation sites excluding steroid dienone is 1. The van der Waals surface area contributed by atoms with Crippen molar-refractivity contribution < 1.29 is 21.6 Å². The van der Waals surface area contributed by atoms with Gasteiger partial charge in [-0.15, -0.1) is 0 Å². The van der Waals surface area contributed by atoms with Gasteiger partial charge in [0.2, 0.25) is 0 Å². The zero-order chi connectivity index (χ0) is 10.5. The van der Waals surface area contributed by atoms with E-state index in [2.05, 4.69) is 0 Å². The number of alkyl halides is 3. The summed E-state index contributed by atoms with van der Waals surface area (Å²) in [5.41, 5.74) is -5.14. The maximum atomic E-state index is 11.7.